The molecule has 27 heavy (non-hydrogen) atoms. The lowest BCUT2D eigenvalue weighted by Crippen LogP contribution is -2.27. The van der Waals surface area contributed by atoms with Gasteiger partial charge in [-0.1, -0.05) is 18.2 Å². The molecule has 0 fully saturated rings. The molecule has 7 heteroatoms. The number of hydrogen-bond donors (Lipinski definition) is 1. The average Bonchev–Trinajstić information content (AvgIpc) is 3.08. The lowest BCUT2D eigenvalue weighted by Gasteiger charge is -2.16. The minimum absolute atomic E-state index is 0.763. The monoisotopic (exact) mass is 424 g/mol. The van der Waals surface area contributed by atoms with E-state index in [4.69, 9.17) is 4.98 Å². The molecule has 0 radical (unpaired) electrons. The Bertz CT molecular complexity index is 1090. The second-order valence-corrected chi connectivity index (χ2v) is 7.47. The van der Waals surface area contributed by atoms with Gasteiger partial charge in [0.05, 0.1) is 21.9 Å². The van der Waals surface area contributed by atoms with Gasteiger partial charge in [-0.3, -0.25) is 9.88 Å². The summed E-state index contributed by atoms with van der Waals surface area (Å²) in [5, 5.41) is 8.76. The zero-order chi connectivity index (χ0) is 18.8. The summed E-state index contributed by atoms with van der Waals surface area (Å²) in [6.07, 6.45) is 5.72. The van der Waals surface area contributed by atoms with Crippen molar-refractivity contribution in [2.24, 2.45) is 0 Å². The second kappa shape index (κ2) is 7.72. The summed E-state index contributed by atoms with van der Waals surface area (Å²) >= 11 is 3.63. The number of benzene rings is 1. The van der Waals surface area contributed by atoms with Crippen LogP contribution in [-0.4, -0.2) is 51.7 Å². The zero-order valence-electron chi connectivity index (χ0n) is 15.4. The van der Waals surface area contributed by atoms with E-state index in [2.05, 4.69) is 55.4 Å². The van der Waals surface area contributed by atoms with Crippen LogP contribution >= 0.6 is 15.9 Å². The molecule has 1 aromatic carbocycles. The van der Waals surface area contributed by atoms with Gasteiger partial charge < -0.3 is 5.32 Å². The summed E-state index contributed by atoms with van der Waals surface area (Å²) in [6.45, 7) is 2.66. The van der Waals surface area contributed by atoms with E-state index in [0.717, 1.165) is 57.5 Å². The fourth-order valence-electron chi connectivity index (χ4n) is 3.10. The molecule has 3 aromatic heterocycles. The van der Waals surface area contributed by atoms with Crippen molar-refractivity contribution < 1.29 is 0 Å². The number of rotatable bonds is 6. The molecule has 6 nitrogen and oxygen atoms in total. The molecule has 4 aromatic rings. The molecule has 0 saturated heterocycles. The average molecular weight is 425 g/mol. The van der Waals surface area contributed by atoms with Crippen LogP contribution in [-0.2, 0) is 6.54 Å². The minimum atomic E-state index is 0.763. The molecule has 0 spiro atoms. The first-order valence-electron chi connectivity index (χ1n) is 8.87. The van der Waals surface area contributed by atoms with Crippen molar-refractivity contribution >= 4 is 32.5 Å². The normalized spacial score (nSPS) is 11.7. The van der Waals surface area contributed by atoms with Crippen LogP contribution in [0.3, 0.4) is 0 Å². The lowest BCUT2D eigenvalue weighted by molar-refractivity contribution is 0.323. The number of fused-ring (bicyclic) bond motifs is 2. The fourth-order valence-corrected chi connectivity index (χ4v) is 3.50. The molecule has 0 aliphatic carbocycles. The maximum absolute atomic E-state index is 4.90. The summed E-state index contributed by atoms with van der Waals surface area (Å²) < 4.78 is 2.77. The number of nitrogens with zero attached hydrogens (tertiary/aromatic N) is 5. The number of likely N-dealkylation sites (N-methyl/N-ethyl adjacent to an activating group) is 2. The third-order valence-electron chi connectivity index (χ3n) is 4.59. The largest absolute Gasteiger partial charge is 0.318 e. The van der Waals surface area contributed by atoms with Gasteiger partial charge in [-0.25, -0.2) is 9.50 Å². The van der Waals surface area contributed by atoms with Crippen LogP contribution < -0.4 is 5.32 Å². The van der Waals surface area contributed by atoms with E-state index in [9.17, 15) is 0 Å². The molecule has 3 heterocycles. The van der Waals surface area contributed by atoms with Crippen LogP contribution in [0.1, 0.15) is 5.69 Å². The van der Waals surface area contributed by atoms with Crippen molar-refractivity contribution in [1.29, 1.82) is 0 Å². The van der Waals surface area contributed by atoms with Gasteiger partial charge in [-0.15, -0.1) is 0 Å². The van der Waals surface area contributed by atoms with Crippen LogP contribution in [0.4, 0.5) is 0 Å². The van der Waals surface area contributed by atoms with Crippen molar-refractivity contribution in [2.75, 3.05) is 27.2 Å². The standard InChI is InChI=1S/C20H21BrN6/c1-22-7-8-26(2)13-19-17(21)12-27-20(25-19)16(11-24-27)15-9-14-5-3-4-6-18(14)23-10-15/h3-6,9-12,22H,7-8,13H2,1-2H3. The molecule has 138 valence electrons. The number of para-hydroxylation sites is 1. The summed E-state index contributed by atoms with van der Waals surface area (Å²) in [5.41, 5.74) is 4.83. The van der Waals surface area contributed by atoms with Crippen LogP contribution in [0.2, 0.25) is 0 Å². The van der Waals surface area contributed by atoms with E-state index in [1.807, 2.05) is 48.4 Å². The van der Waals surface area contributed by atoms with Crippen LogP contribution in [0.25, 0.3) is 27.7 Å². The molecule has 4 rings (SSSR count). The predicted molar refractivity (Wildman–Crippen MR) is 112 cm³/mol. The molecular weight excluding hydrogens is 404 g/mol. The topological polar surface area (TPSA) is 58.3 Å². The van der Waals surface area contributed by atoms with E-state index in [0.29, 0.717) is 0 Å². The van der Waals surface area contributed by atoms with Crippen LogP contribution in [0, 0.1) is 0 Å². The van der Waals surface area contributed by atoms with Gasteiger partial charge in [0.1, 0.15) is 0 Å². The van der Waals surface area contributed by atoms with Gasteiger partial charge in [0, 0.05) is 48.5 Å². The first-order chi connectivity index (χ1) is 13.2. The van der Waals surface area contributed by atoms with Crippen molar-refractivity contribution in [3.8, 4) is 11.1 Å². The molecular formula is C20H21BrN6. The van der Waals surface area contributed by atoms with Gasteiger partial charge in [0.2, 0.25) is 0 Å². The Kier molecular flexibility index (Phi) is 5.15. The highest BCUT2D eigenvalue weighted by Gasteiger charge is 2.14. The van der Waals surface area contributed by atoms with E-state index >= 15 is 0 Å². The van der Waals surface area contributed by atoms with E-state index in [-0.39, 0.29) is 0 Å². The quantitative estimate of drug-likeness (QED) is 0.514. The maximum atomic E-state index is 4.90. The zero-order valence-corrected chi connectivity index (χ0v) is 16.9. The molecule has 0 bridgehead atoms. The number of nitrogens with one attached hydrogen (secondary N) is 1. The summed E-state index contributed by atoms with van der Waals surface area (Å²) in [7, 11) is 4.06. The number of aromatic nitrogens is 4. The van der Waals surface area contributed by atoms with Crippen molar-refractivity contribution in [3.63, 3.8) is 0 Å². The fraction of sp³-hybridized carbons (Fsp3) is 0.250. The predicted octanol–water partition coefficient (Wildman–Crippen LogP) is 3.36. The highest BCUT2D eigenvalue weighted by atomic mass is 79.9. The van der Waals surface area contributed by atoms with Crippen molar-refractivity contribution in [3.05, 3.63) is 59.1 Å². The molecule has 0 aliphatic rings. The molecule has 0 atom stereocenters. The van der Waals surface area contributed by atoms with Gasteiger partial charge in [-0.2, -0.15) is 5.10 Å². The second-order valence-electron chi connectivity index (χ2n) is 6.62. The Hall–Kier alpha value is -2.35. The van der Waals surface area contributed by atoms with Gasteiger partial charge in [-0.05, 0) is 42.2 Å². The number of hydrogen-bond acceptors (Lipinski definition) is 5. The summed E-state index contributed by atoms with van der Waals surface area (Å²) in [6, 6.07) is 10.3. The Balaban J connectivity index is 1.73. The molecule has 0 saturated carbocycles. The molecule has 1 N–H and O–H groups in total. The number of halogens is 1. The van der Waals surface area contributed by atoms with Gasteiger partial charge in [0.25, 0.3) is 0 Å². The first-order valence-corrected chi connectivity index (χ1v) is 9.66. The van der Waals surface area contributed by atoms with Crippen molar-refractivity contribution in [1.82, 2.24) is 29.8 Å². The minimum Gasteiger partial charge on any atom is -0.318 e. The first kappa shape index (κ1) is 18.0. The third-order valence-corrected chi connectivity index (χ3v) is 5.25. The van der Waals surface area contributed by atoms with E-state index in [1.54, 1.807) is 0 Å². The highest BCUT2D eigenvalue weighted by molar-refractivity contribution is 9.10. The van der Waals surface area contributed by atoms with E-state index < -0.39 is 0 Å². The van der Waals surface area contributed by atoms with E-state index in [1.165, 1.54) is 0 Å². The maximum Gasteiger partial charge on any atom is 0.163 e. The third kappa shape index (κ3) is 3.71. The Morgan fingerprint density at radius 2 is 2.07 bits per heavy atom. The molecule has 0 amide bonds. The molecule has 0 unspecified atom stereocenters. The van der Waals surface area contributed by atoms with Gasteiger partial charge >= 0.3 is 0 Å². The summed E-state index contributed by atoms with van der Waals surface area (Å²) in [4.78, 5) is 11.7. The van der Waals surface area contributed by atoms with Crippen molar-refractivity contribution in [2.45, 2.75) is 6.54 Å². The highest BCUT2D eigenvalue weighted by Crippen LogP contribution is 2.27. The SMILES string of the molecule is CNCCN(C)Cc1nc2c(-c3cnc4ccccc4c3)cnn2cc1Br. The number of pyridine rings is 1. The molecule has 0 aliphatic heterocycles. The Morgan fingerprint density at radius 1 is 1.22 bits per heavy atom. The van der Waals surface area contributed by atoms with Crippen LogP contribution in [0.15, 0.2) is 53.4 Å². The smallest absolute Gasteiger partial charge is 0.163 e. The summed E-state index contributed by atoms with van der Waals surface area (Å²) in [5.74, 6) is 0. The Labute approximate surface area is 166 Å². The lowest BCUT2D eigenvalue weighted by atomic mass is 10.1. The Morgan fingerprint density at radius 3 is 2.93 bits per heavy atom. The van der Waals surface area contributed by atoms with Gasteiger partial charge in [0.15, 0.2) is 5.65 Å². The van der Waals surface area contributed by atoms with Crippen LogP contribution in [0.5, 0.6) is 0 Å².